The van der Waals surface area contributed by atoms with Crippen molar-refractivity contribution in [1.29, 1.82) is 0 Å². The molecule has 2 heterocycles. The van der Waals surface area contributed by atoms with E-state index in [0.717, 1.165) is 16.8 Å². The van der Waals surface area contributed by atoms with Crippen molar-refractivity contribution in [1.82, 2.24) is 14.8 Å². The van der Waals surface area contributed by atoms with Gasteiger partial charge in [-0.15, -0.1) is 11.6 Å². The first kappa shape index (κ1) is 11.1. The van der Waals surface area contributed by atoms with Crippen LogP contribution in [-0.2, 0) is 12.4 Å². The Bertz CT molecular complexity index is 456. The molecule has 0 amide bonds. The first-order valence-corrected chi connectivity index (χ1v) is 5.47. The summed E-state index contributed by atoms with van der Waals surface area (Å²) in [7, 11) is 0. The van der Waals surface area contributed by atoms with Gasteiger partial charge in [0, 0.05) is 29.7 Å². The highest BCUT2D eigenvalue weighted by molar-refractivity contribution is 6.17. The van der Waals surface area contributed by atoms with E-state index >= 15 is 0 Å². The fourth-order valence-corrected chi connectivity index (χ4v) is 1.71. The van der Waals surface area contributed by atoms with Crippen LogP contribution in [0.25, 0.3) is 11.3 Å². The highest BCUT2D eigenvalue weighted by Gasteiger charge is 2.09. The number of aryl methyl sites for hydroxylation is 1. The molecular formula is C11H11ClFN3. The van der Waals surface area contributed by atoms with Gasteiger partial charge in [-0.1, -0.05) is 0 Å². The van der Waals surface area contributed by atoms with Gasteiger partial charge in [0.1, 0.15) is 6.67 Å². The Morgan fingerprint density at radius 1 is 1.31 bits per heavy atom. The lowest BCUT2D eigenvalue weighted by atomic mass is 10.1. The van der Waals surface area contributed by atoms with E-state index in [1.165, 1.54) is 0 Å². The fourth-order valence-electron chi connectivity index (χ4n) is 1.51. The van der Waals surface area contributed by atoms with Crippen molar-refractivity contribution < 1.29 is 4.39 Å². The zero-order valence-electron chi connectivity index (χ0n) is 8.61. The average molecular weight is 240 g/mol. The number of nitrogens with zero attached hydrogens (tertiary/aromatic N) is 3. The zero-order valence-corrected chi connectivity index (χ0v) is 9.36. The van der Waals surface area contributed by atoms with Crippen LogP contribution in [0.5, 0.6) is 0 Å². The Hall–Kier alpha value is -1.42. The Balaban J connectivity index is 2.39. The molecule has 0 bridgehead atoms. The van der Waals surface area contributed by atoms with Crippen molar-refractivity contribution in [3.63, 3.8) is 0 Å². The number of pyridine rings is 1. The van der Waals surface area contributed by atoms with Gasteiger partial charge in [-0.05, 0) is 12.1 Å². The lowest BCUT2D eigenvalue weighted by Gasteiger charge is -1.97. The summed E-state index contributed by atoms with van der Waals surface area (Å²) in [4.78, 5) is 3.94. The van der Waals surface area contributed by atoms with E-state index in [0.29, 0.717) is 5.88 Å². The highest BCUT2D eigenvalue weighted by atomic mass is 35.5. The molecule has 0 unspecified atom stereocenters. The summed E-state index contributed by atoms with van der Waals surface area (Å²) in [5.74, 6) is 0.365. The number of hydrogen-bond donors (Lipinski definition) is 0. The largest absolute Gasteiger partial charge is 0.269 e. The van der Waals surface area contributed by atoms with Crippen LogP contribution in [-0.4, -0.2) is 21.4 Å². The monoisotopic (exact) mass is 239 g/mol. The van der Waals surface area contributed by atoms with Crippen molar-refractivity contribution in [2.24, 2.45) is 0 Å². The first-order chi connectivity index (χ1) is 7.85. The normalized spacial score (nSPS) is 10.6. The molecule has 0 atom stereocenters. The number of aromatic nitrogens is 3. The summed E-state index contributed by atoms with van der Waals surface area (Å²) in [6.07, 6.45) is 5.17. The molecule has 0 N–H and O–H groups in total. The molecule has 0 aromatic carbocycles. The van der Waals surface area contributed by atoms with Crippen LogP contribution in [0.15, 0.2) is 30.7 Å². The second-order valence-corrected chi connectivity index (χ2v) is 3.59. The standard InChI is InChI=1S/C11H11ClFN3/c12-7-10-8-16(6-3-13)15-11(10)9-1-4-14-5-2-9/h1-2,4-5,8H,3,6-7H2. The molecule has 0 saturated carbocycles. The number of alkyl halides is 2. The zero-order chi connectivity index (χ0) is 11.4. The number of hydrogen-bond acceptors (Lipinski definition) is 2. The topological polar surface area (TPSA) is 30.7 Å². The van der Waals surface area contributed by atoms with Crippen LogP contribution in [0.1, 0.15) is 5.56 Å². The fraction of sp³-hybridized carbons (Fsp3) is 0.273. The second-order valence-electron chi connectivity index (χ2n) is 3.32. The average Bonchev–Trinajstić information content (AvgIpc) is 2.74. The number of rotatable bonds is 4. The minimum atomic E-state index is -0.431. The summed E-state index contributed by atoms with van der Waals surface area (Å²) >= 11 is 5.83. The molecule has 0 spiro atoms. The van der Waals surface area contributed by atoms with E-state index < -0.39 is 6.67 Å². The van der Waals surface area contributed by atoms with E-state index in [1.54, 1.807) is 23.3 Å². The molecular weight excluding hydrogens is 229 g/mol. The molecule has 0 saturated heterocycles. The van der Waals surface area contributed by atoms with Gasteiger partial charge in [0.15, 0.2) is 0 Å². The first-order valence-electron chi connectivity index (χ1n) is 4.94. The predicted molar refractivity (Wildman–Crippen MR) is 61.0 cm³/mol. The van der Waals surface area contributed by atoms with Gasteiger partial charge in [-0.2, -0.15) is 5.10 Å². The number of halogens is 2. The molecule has 2 aromatic rings. The van der Waals surface area contributed by atoms with Crippen molar-refractivity contribution in [2.45, 2.75) is 12.4 Å². The van der Waals surface area contributed by atoms with Crippen molar-refractivity contribution >= 4 is 11.6 Å². The molecule has 2 aromatic heterocycles. The van der Waals surface area contributed by atoms with E-state index in [2.05, 4.69) is 10.1 Å². The third-order valence-electron chi connectivity index (χ3n) is 2.25. The SMILES string of the molecule is FCCn1cc(CCl)c(-c2ccncc2)n1. The Kier molecular flexibility index (Phi) is 3.51. The Labute approximate surface area is 97.9 Å². The molecule has 0 aliphatic carbocycles. The Morgan fingerprint density at radius 3 is 2.69 bits per heavy atom. The van der Waals surface area contributed by atoms with Gasteiger partial charge in [-0.3, -0.25) is 9.67 Å². The van der Waals surface area contributed by atoms with Crippen molar-refractivity contribution in [2.75, 3.05) is 6.67 Å². The summed E-state index contributed by atoms with van der Waals surface area (Å²) in [6.45, 7) is -0.172. The summed E-state index contributed by atoms with van der Waals surface area (Å²) in [5, 5.41) is 4.31. The van der Waals surface area contributed by atoms with E-state index in [9.17, 15) is 4.39 Å². The van der Waals surface area contributed by atoms with E-state index in [1.807, 2.05) is 12.1 Å². The minimum absolute atomic E-state index is 0.259. The van der Waals surface area contributed by atoms with Gasteiger partial charge >= 0.3 is 0 Å². The van der Waals surface area contributed by atoms with E-state index in [4.69, 9.17) is 11.6 Å². The quantitative estimate of drug-likeness (QED) is 0.768. The molecule has 0 aliphatic rings. The Morgan fingerprint density at radius 2 is 2.06 bits per heavy atom. The van der Waals surface area contributed by atoms with Gasteiger partial charge < -0.3 is 0 Å². The van der Waals surface area contributed by atoms with Crippen LogP contribution in [0.3, 0.4) is 0 Å². The molecule has 5 heteroatoms. The van der Waals surface area contributed by atoms with Gasteiger partial charge in [0.05, 0.1) is 18.1 Å². The molecule has 3 nitrogen and oxygen atoms in total. The lowest BCUT2D eigenvalue weighted by molar-refractivity contribution is 0.427. The summed E-state index contributed by atoms with van der Waals surface area (Å²) in [6, 6.07) is 3.72. The molecule has 16 heavy (non-hydrogen) atoms. The molecule has 2 rings (SSSR count). The summed E-state index contributed by atoms with van der Waals surface area (Å²) in [5.41, 5.74) is 2.65. The maximum atomic E-state index is 12.2. The molecule has 0 fully saturated rings. The maximum absolute atomic E-state index is 12.2. The van der Waals surface area contributed by atoms with Crippen LogP contribution in [0.2, 0.25) is 0 Å². The molecule has 84 valence electrons. The highest BCUT2D eigenvalue weighted by Crippen LogP contribution is 2.22. The van der Waals surface area contributed by atoms with Crippen molar-refractivity contribution in [3.8, 4) is 11.3 Å². The predicted octanol–water partition coefficient (Wildman–Crippen LogP) is 2.65. The van der Waals surface area contributed by atoms with Gasteiger partial charge in [-0.25, -0.2) is 4.39 Å². The van der Waals surface area contributed by atoms with Crippen LogP contribution >= 0.6 is 11.6 Å². The van der Waals surface area contributed by atoms with Gasteiger partial charge in [0.2, 0.25) is 0 Å². The molecule has 0 radical (unpaired) electrons. The van der Waals surface area contributed by atoms with Gasteiger partial charge in [0.25, 0.3) is 0 Å². The smallest absolute Gasteiger partial charge is 0.109 e. The molecule has 0 aliphatic heterocycles. The third-order valence-corrected chi connectivity index (χ3v) is 2.54. The van der Waals surface area contributed by atoms with E-state index in [-0.39, 0.29) is 6.54 Å². The third kappa shape index (κ3) is 2.22. The van der Waals surface area contributed by atoms with Crippen LogP contribution in [0, 0.1) is 0 Å². The van der Waals surface area contributed by atoms with Crippen molar-refractivity contribution in [3.05, 3.63) is 36.3 Å². The second kappa shape index (κ2) is 5.07. The maximum Gasteiger partial charge on any atom is 0.109 e. The lowest BCUT2D eigenvalue weighted by Crippen LogP contribution is -1.99. The van der Waals surface area contributed by atoms with Crippen LogP contribution in [0.4, 0.5) is 4.39 Å². The van der Waals surface area contributed by atoms with Crippen LogP contribution < -0.4 is 0 Å². The minimum Gasteiger partial charge on any atom is -0.269 e. The summed E-state index contributed by atoms with van der Waals surface area (Å²) < 4.78 is 13.8.